The third kappa shape index (κ3) is 4.62. The molecule has 57 heavy (non-hydrogen) atoms. The van der Waals surface area contributed by atoms with Crippen LogP contribution in [0.15, 0.2) is 199 Å². The Morgan fingerprint density at radius 2 is 0.947 bits per heavy atom. The molecule has 2 aromatic heterocycles. The normalized spacial score (nSPS) is 13.2. The summed E-state index contributed by atoms with van der Waals surface area (Å²) in [6.45, 7) is 0. The molecular weight excluding hydrogens is 697 g/mol. The molecule has 0 fully saturated rings. The minimum atomic E-state index is -0.561. The molecule has 4 heteroatoms. The van der Waals surface area contributed by atoms with Crippen molar-refractivity contribution in [2.24, 2.45) is 0 Å². The number of aromatic nitrogens is 2. The van der Waals surface area contributed by atoms with Gasteiger partial charge in [-0.3, -0.25) is 0 Å². The largest absolute Gasteiger partial charge is 0.456 e. The van der Waals surface area contributed by atoms with Crippen molar-refractivity contribution in [3.05, 3.63) is 216 Å². The van der Waals surface area contributed by atoms with E-state index in [1.54, 1.807) is 0 Å². The first kappa shape index (κ1) is 31.8. The molecule has 12 rings (SSSR count). The second-order valence-electron chi connectivity index (χ2n) is 14.8. The molecule has 3 heterocycles. The van der Waals surface area contributed by atoms with E-state index in [1.165, 1.54) is 22.3 Å². The van der Waals surface area contributed by atoms with Gasteiger partial charge in [0.05, 0.1) is 16.8 Å². The Balaban J connectivity index is 1.08. The van der Waals surface area contributed by atoms with Crippen LogP contribution in [0, 0.1) is 0 Å². The molecule has 1 aliphatic carbocycles. The highest BCUT2D eigenvalue weighted by Gasteiger charge is 2.51. The Bertz CT molecular complexity index is 3190. The molecule has 10 aromatic rings. The average molecular weight is 729 g/mol. The summed E-state index contributed by atoms with van der Waals surface area (Å²) < 4.78 is 13.4. The van der Waals surface area contributed by atoms with Crippen LogP contribution in [0.3, 0.4) is 0 Å². The fraction of sp³-hybridized carbons (Fsp3) is 0.0189. The van der Waals surface area contributed by atoms with Crippen molar-refractivity contribution in [1.29, 1.82) is 0 Å². The summed E-state index contributed by atoms with van der Waals surface area (Å²) in [5, 5.41) is 2.18. The van der Waals surface area contributed by atoms with E-state index in [-0.39, 0.29) is 0 Å². The number of rotatable bonds is 4. The number of fused-ring (bicyclic) bond motifs is 12. The Kier molecular flexibility index (Phi) is 6.81. The van der Waals surface area contributed by atoms with Crippen LogP contribution in [0.2, 0.25) is 0 Å². The van der Waals surface area contributed by atoms with E-state index in [0.717, 1.165) is 83.8 Å². The van der Waals surface area contributed by atoms with E-state index in [4.69, 9.17) is 19.1 Å². The van der Waals surface area contributed by atoms with Crippen LogP contribution >= 0.6 is 0 Å². The first-order valence-electron chi connectivity index (χ1n) is 19.3. The second kappa shape index (κ2) is 12.2. The first-order valence-corrected chi connectivity index (χ1v) is 19.3. The molecular formula is C53H32N2O2. The zero-order chi connectivity index (χ0) is 37.5. The van der Waals surface area contributed by atoms with Gasteiger partial charge in [0, 0.05) is 44.2 Å². The average Bonchev–Trinajstić information content (AvgIpc) is 3.80. The van der Waals surface area contributed by atoms with E-state index in [0.29, 0.717) is 5.82 Å². The number of furan rings is 1. The predicted octanol–water partition coefficient (Wildman–Crippen LogP) is 13.5. The summed E-state index contributed by atoms with van der Waals surface area (Å²) in [6.07, 6.45) is 0. The lowest BCUT2D eigenvalue weighted by atomic mass is 9.65. The molecule has 0 unspecified atom stereocenters. The Morgan fingerprint density at radius 1 is 0.368 bits per heavy atom. The third-order valence-corrected chi connectivity index (χ3v) is 11.8. The predicted molar refractivity (Wildman–Crippen MR) is 228 cm³/mol. The lowest BCUT2D eigenvalue weighted by molar-refractivity contribution is 0.438. The van der Waals surface area contributed by atoms with Crippen LogP contribution < -0.4 is 4.74 Å². The van der Waals surface area contributed by atoms with Crippen LogP contribution in [0.25, 0.3) is 78.1 Å². The molecule has 0 radical (unpaired) electrons. The maximum absolute atomic E-state index is 7.07. The number of para-hydroxylation sites is 3. The van der Waals surface area contributed by atoms with Gasteiger partial charge in [0.25, 0.3) is 0 Å². The van der Waals surface area contributed by atoms with Crippen LogP contribution in [0.4, 0.5) is 0 Å². The Hall–Kier alpha value is -7.56. The monoisotopic (exact) mass is 728 g/mol. The van der Waals surface area contributed by atoms with Crippen LogP contribution in [-0.2, 0) is 5.41 Å². The minimum Gasteiger partial charge on any atom is -0.456 e. The molecule has 1 spiro atoms. The molecule has 0 bridgehead atoms. The van der Waals surface area contributed by atoms with Gasteiger partial charge in [-0.25, -0.2) is 9.97 Å². The first-order chi connectivity index (χ1) is 28.3. The highest BCUT2D eigenvalue weighted by Crippen LogP contribution is 2.63. The third-order valence-electron chi connectivity index (χ3n) is 11.8. The molecule has 0 saturated carbocycles. The minimum absolute atomic E-state index is 0.561. The smallest absolute Gasteiger partial charge is 0.161 e. The van der Waals surface area contributed by atoms with Crippen LogP contribution in [0.1, 0.15) is 22.3 Å². The van der Waals surface area contributed by atoms with E-state index < -0.39 is 5.41 Å². The lowest BCUT2D eigenvalue weighted by Crippen LogP contribution is -2.32. The molecule has 0 atom stereocenters. The molecule has 266 valence electrons. The number of hydrogen-bond acceptors (Lipinski definition) is 4. The lowest BCUT2D eigenvalue weighted by Gasteiger charge is -2.40. The quantitative estimate of drug-likeness (QED) is 0.181. The van der Waals surface area contributed by atoms with E-state index in [1.807, 2.05) is 36.4 Å². The number of ether oxygens (including phenoxy) is 1. The molecule has 0 saturated heterocycles. The fourth-order valence-corrected chi connectivity index (χ4v) is 9.36. The maximum Gasteiger partial charge on any atom is 0.161 e. The highest BCUT2D eigenvalue weighted by atomic mass is 16.5. The van der Waals surface area contributed by atoms with Crippen LogP contribution in [0.5, 0.6) is 11.5 Å². The van der Waals surface area contributed by atoms with Gasteiger partial charge in [-0.2, -0.15) is 0 Å². The van der Waals surface area contributed by atoms with Crippen molar-refractivity contribution in [1.82, 2.24) is 9.97 Å². The molecule has 1 aliphatic heterocycles. The molecule has 0 N–H and O–H groups in total. The van der Waals surface area contributed by atoms with Crippen molar-refractivity contribution in [2.45, 2.75) is 5.41 Å². The number of nitrogens with zero attached hydrogens (tertiary/aromatic N) is 2. The highest BCUT2D eigenvalue weighted by molar-refractivity contribution is 6.06. The summed E-state index contributed by atoms with van der Waals surface area (Å²) >= 11 is 0. The molecule has 4 nitrogen and oxygen atoms in total. The van der Waals surface area contributed by atoms with Crippen molar-refractivity contribution >= 4 is 21.9 Å². The summed E-state index contributed by atoms with van der Waals surface area (Å²) in [6, 6.07) is 68.1. The van der Waals surface area contributed by atoms with Crippen molar-refractivity contribution in [3.63, 3.8) is 0 Å². The van der Waals surface area contributed by atoms with Gasteiger partial charge in [-0.05, 0) is 58.1 Å². The van der Waals surface area contributed by atoms with E-state index in [9.17, 15) is 0 Å². The maximum atomic E-state index is 7.07. The number of benzene rings is 8. The van der Waals surface area contributed by atoms with Gasteiger partial charge in [0.15, 0.2) is 5.82 Å². The van der Waals surface area contributed by atoms with Gasteiger partial charge in [-0.1, -0.05) is 164 Å². The van der Waals surface area contributed by atoms with Crippen molar-refractivity contribution < 1.29 is 9.15 Å². The second-order valence-corrected chi connectivity index (χ2v) is 14.8. The zero-order valence-corrected chi connectivity index (χ0v) is 30.7. The van der Waals surface area contributed by atoms with Gasteiger partial charge in [-0.15, -0.1) is 0 Å². The standard InChI is InChI=1S/C53H32N2O2/c1-2-15-33(16-3-1)46-32-47(34-29-30-39-38-20-8-12-27-48(38)56-50(39)31-34)55-52(54-46)41-21-5-4-17-35(41)40-22-14-26-45-51(40)57-49-28-13-11-25-44(49)53(45)42-23-9-6-18-36(42)37-19-7-10-24-43(37)53/h1-32H. The molecule has 2 aliphatic rings. The van der Waals surface area contributed by atoms with Gasteiger partial charge >= 0.3 is 0 Å². The van der Waals surface area contributed by atoms with Gasteiger partial charge in [0.1, 0.15) is 22.7 Å². The topological polar surface area (TPSA) is 48.2 Å². The van der Waals surface area contributed by atoms with Crippen molar-refractivity contribution in [2.75, 3.05) is 0 Å². The fourth-order valence-electron chi connectivity index (χ4n) is 9.36. The molecule has 8 aromatic carbocycles. The van der Waals surface area contributed by atoms with Gasteiger partial charge in [0.2, 0.25) is 0 Å². The van der Waals surface area contributed by atoms with E-state index in [2.05, 4.69) is 158 Å². The Morgan fingerprint density at radius 3 is 1.74 bits per heavy atom. The summed E-state index contributed by atoms with van der Waals surface area (Å²) in [4.78, 5) is 10.6. The van der Waals surface area contributed by atoms with E-state index >= 15 is 0 Å². The summed E-state index contributed by atoms with van der Waals surface area (Å²) in [7, 11) is 0. The summed E-state index contributed by atoms with van der Waals surface area (Å²) in [5.41, 5.74) is 14.9. The Labute approximate surface area is 329 Å². The van der Waals surface area contributed by atoms with Gasteiger partial charge < -0.3 is 9.15 Å². The number of hydrogen-bond donors (Lipinski definition) is 0. The van der Waals surface area contributed by atoms with Crippen molar-refractivity contribution in [3.8, 4) is 67.7 Å². The van der Waals surface area contributed by atoms with Crippen LogP contribution in [-0.4, -0.2) is 9.97 Å². The SMILES string of the molecule is c1ccc(-c2cc(-c3ccc4c(c3)oc3ccccc34)nc(-c3ccccc3-c3cccc4c3Oc3ccccc3C43c4ccccc4-c4ccccc43)n2)cc1. The zero-order valence-electron chi connectivity index (χ0n) is 30.7. The molecule has 0 amide bonds. The summed E-state index contributed by atoms with van der Waals surface area (Å²) in [5.74, 6) is 2.32.